The van der Waals surface area contributed by atoms with Crippen LogP contribution in [0.4, 0.5) is 5.69 Å². The molecule has 0 aliphatic carbocycles. The van der Waals surface area contributed by atoms with E-state index in [-0.39, 0.29) is 18.4 Å². The highest BCUT2D eigenvalue weighted by atomic mass is 35.5. The maximum absolute atomic E-state index is 13.3. The van der Waals surface area contributed by atoms with E-state index in [0.29, 0.717) is 16.3 Å². The van der Waals surface area contributed by atoms with E-state index in [0.717, 1.165) is 27.3 Å². The lowest BCUT2D eigenvalue weighted by Crippen LogP contribution is -2.32. The van der Waals surface area contributed by atoms with Crippen molar-refractivity contribution in [3.8, 4) is 0 Å². The van der Waals surface area contributed by atoms with Crippen LogP contribution in [0.3, 0.4) is 0 Å². The minimum atomic E-state index is -0.348. The third kappa shape index (κ3) is 3.59. The van der Waals surface area contributed by atoms with Crippen molar-refractivity contribution in [2.24, 2.45) is 0 Å². The topological polar surface area (TPSA) is 49.4 Å². The van der Waals surface area contributed by atoms with Crippen LogP contribution in [0.2, 0.25) is 5.02 Å². The zero-order valence-corrected chi connectivity index (χ0v) is 17.6. The molecule has 6 heteroatoms. The number of nitrogens with one attached hydrogen (secondary N) is 1. The molecule has 0 bridgehead atoms. The Labute approximate surface area is 178 Å². The molecular weight excluding hydrogens is 404 g/mol. The summed E-state index contributed by atoms with van der Waals surface area (Å²) in [6.45, 7) is 4.14. The fourth-order valence-electron chi connectivity index (χ4n) is 3.30. The van der Waals surface area contributed by atoms with E-state index < -0.39 is 0 Å². The smallest absolute Gasteiger partial charge is 0.278 e. The molecule has 0 saturated carbocycles. The van der Waals surface area contributed by atoms with Crippen molar-refractivity contribution in [3.63, 3.8) is 0 Å². The number of hydrogen-bond donors (Lipinski definition) is 1. The second kappa shape index (κ2) is 7.85. The van der Waals surface area contributed by atoms with E-state index in [1.807, 2.05) is 67.8 Å². The number of amides is 2. The minimum absolute atomic E-state index is 0.129. The molecular formula is C23H19ClN2O2S. The highest BCUT2D eigenvalue weighted by molar-refractivity contribution is 7.11. The molecule has 2 amide bonds. The van der Waals surface area contributed by atoms with Gasteiger partial charge in [-0.25, -0.2) is 0 Å². The molecule has 0 radical (unpaired) electrons. The first-order valence-corrected chi connectivity index (χ1v) is 10.4. The van der Waals surface area contributed by atoms with Crippen molar-refractivity contribution in [1.82, 2.24) is 4.90 Å². The van der Waals surface area contributed by atoms with Crippen molar-refractivity contribution < 1.29 is 9.59 Å². The molecule has 1 N–H and O–H groups in total. The molecule has 3 aromatic rings. The van der Waals surface area contributed by atoms with Gasteiger partial charge in [-0.05, 0) is 54.1 Å². The average Bonchev–Trinajstić information content (AvgIpc) is 3.30. The Morgan fingerprint density at radius 3 is 2.48 bits per heavy atom. The van der Waals surface area contributed by atoms with Crippen LogP contribution in [0.25, 0.3) is 5.57 Å². The van der Waals surface area contributed by atoms with Crippen LogP contribution < -0.4 is 5.32 Å². The standard InChI is InChI=1S/C23H19ClN2O2S/c1-14-7-5-10-18(15(14)2)25-21-20(19-11-6-12-29-19)22(27)26(23(21)28)13-16-8-3-4-9-17(16)24/h3-12,25H,13H2,1-2H3. The lowest BCUT2D eigenvalue weighted by molar-refractivity contribution is -0.137. The van der Waals surface area contributed by atoms with Gasteiger partial charge in [0.1, 0.15) is 5.70 Å². The number of anilines is 1. The Morgan fingerprint density at radius 2 is 1.76 bits per heavy atom. The van der Waals surface area contributed by atoms with Crippen LogP contribution in [0.1, 0.15) is 21.6 Å². The molecule has 0 unspecified atom stereocenters. The van der Waals surface area contributed by atoms with Crippen LogP contribution >= 0.6 is 22.9 Å². The summed E-state index contributed by atoms with van der Waals surface area (Å²) < 4.78 is 0. The molecule has 0 saturated heterocycles. The van der Waals surface area contributed by atoms with Gasteiger partial charge in [0, 0.05) is 15.6 Å². The number of thiophene rings is 1. The molecule has 2 aromatic carbocycles. The monoisotopic (exact) mass is 422 g/mol. The van der Waals surface area contributed by atoms with Gasteiger partial charge in [0.15, 0.2) is 0 Å². The van der Waals surface area contributed by atoms with Gasteiger partial charge in [0.05, 0.1) is 12.1 Å². The number of nitrogens with zero attached hydrogens (tertiary/aromatic N) is 1. The van der Waals surface area contributed by atoms with Crippen molar-refractivity contribution in [1.29, 1.82) is 0 Å². The summed E-state index contributed by atoms with van der Waals surface area (Å²) in [5, 5.41) is 5.66. The van der Waals surface area contributed by atoms with Gasteiger partial charge >= 0.3 is 0 Å². The Morgan fingerprint density at radius 1 is 0.966 bits per heavy atom. The van der Waals surface area contributed by atoms with Crippen molar-refractivity contribution in [2.45, 2.75) is 20.4 Å². The van der Waals surface area contributed by atoms with Crippen LogP contribution in [0.15, 0.2) is 65.7 Å². The van der Waals surface area contributed by atoms with E-state index in [1.54, 1.807) is 6.07 Å². The number of carbonyl (C=O) groups excluding carboxylic acids is 2. The largest absolute Gasteiger partial charge is 0.350 e. The summed E-state index contributed by atoms with van der Waals surface area (Å²) in [5.41, 5.74) is 4.40. The van der Waals surface area contributed by atoms with Gasteiger partial charge in [-0.15, -0.1) is 11.3 Å². The lowest BCUT2D eigenvalue weighted by Gasteiger charge is -2.17. The van der Waals surface area contributed by atoms with Crippen LogP contribution in [-0.4, -0.2) is 16.7 Å². The molecule has 146 valence electrons. The highest BCUT2D eigenvalue weighted by Crippen LogP contribution is 2.35. The van der Waals surface area contributed by atoms with Gasteiger partial charge in [0.2, 0.25) is 0 Å². The zero-order valence-electron chi connectivity index (χ0n) is 16.0. The first-order valence-electron chi connectivity index (χ1n) is 9.18. The molecule has 1 aromatic heterocycles. The molecule has 2 heterocycles. The number of hydrogen-bond acceptors (Lipinski definition) is 4. The fourth-order valence-corrected chi connectivity index (χ4v) is 4.27. The van der Waals surface area contributed by atoms with E-state index >= 15 is 0 Å². The molecule has 0 fully saturated rings. The number of halogens is 1. The summed E-state index contributed by atoms with van der Waals surface area (Å²) in [5.74, 6) is -0.663. The third-order valence-electron chi connectivity index (χ3n) is 5.09. The lowest BCUT2D eigenvalue weighted by atomic mass is 10.1. The summed E-state index contributed by atoms with van der Waals surface area (Å²) in [6, 6.07) is 16.8. The Hall–Kier alpha value is -2.89. The molecule has 1 aliphatic rings. The molecule has 4 nitrogen and oxygen atoms in total. The number of imide groups is 1. The van der Waals surface area contributed by atoms with Gasteiger partial charge < -0.3 is 5.32 Å². The summed E-state index contributed by atoms with van der Waals surface area (Å²) in [7, 11) is 0. The van der Waals surface area contributed by atoms with Crippen molar-refractivity contribution in [2.75, 3.05) is 5.32 Å². The number of aryl methyl sites for hydroxylation is 1. The Balaban J connectivity index is 1.75. The highest BCUT2D eigenvalue weighted by Gasteiger charge is 2.40. The SMILES string of the molecule is Cc1cccc(NC2=C(c3cccs3)C(=O)N(Cc3ccccc3Cl)C2=O)c1C. The average molecular weight is 423 g/mol. The second-order valence-electron chi connectivity index (χ2n) is 6.89. The van der Waals surface area contributed by atoms with Gasteiger partial charge in [0.25, 0.3) is 11.8 Å². The Kier molecular flexibility index (Phi) is 5.26. The predicted molar refractivity (Wildman–Crippen MR) is 118 cm³/mol. The van der Waals surface area contributed by atoms with E-state index in [1.165, 1.54) is 16.2 Å². The molecule has 0 atom stereocenters. The molecule has 1 aliphatic heterocycles. The number of benzene rings is 2. The van der Waals surface area contributed by atoms with E-state index in [2.05, 4.69) is 5.32 Å². The quantitative estimate of drug-likeness (QED) is 0.559. The summed E-state index contributed by atoms with van der Waals surface area (Å²) >= 11 is 7.70. The van der Waals surface area contributed by atoms with Crippen molar-refractivity contribution in [3.05, 3.63) is 92.3 Å². The van der Waals surface area contributed by atoms with Crippen LogP contribution in [-0.2, 0) is 16.1 Å². The maximum atomic E-state index is 13.3. The van der Waals surface area contributed by atoms with E-state index in [4.69, 9.17) is 11.6 Å². The van der Waals surface area contributed by atoms with Crippen LogP contribution in [0, 0.1) is 13.8 Å². The Bertz CT molecular complexity index is 1140. The van der Waals surface area contributed by atoms with Crippen LogP contribution in [0.5, 0.6) is 0 Å². The number of rotatable bonds is 5. The summed E-state index contributed by atoms with van der Waals surface area (Å²) in [4.78, 5) is 28.6. The van der Waals surface area contributed by atoms with Crippen molar-refractivity contribution >= 4 is 46.0 Å². The first kappa shape index (κ1) is 19.4. The maximum Gasteiger partial charge on any atom is 0.278 e. The third-order valence-corrected chi connectivity index (χ3v) is 6.34. The molecule has 4 rings (SSSR count). The summed E-state index contributed by atoms with van der Waals surface area (Å²) in [6.07, 6.45) is 0. The van der Waals surface area contributed by atoms with Gasteiger partial charge in [-0.3, -0.25) is 14.5 Å². The minimum Gasteiger partial charge on any atom is -0.350 e. The fraction of sp³-hybridized carbons (Fsp3) is 0.130. The van der Waals surface area contributed by atoms with Gasteiger partial charge in [-0.2, -0.15) is 0 Å². The molecule has 29 heavy (non-hydrogen) atoms. The van der Waals surface area contributed by atoms with Gasteiger partial charge in [-0.1, -0.05) is 48.0 Å². The zero-order chi connectivity index (χ0) is 20.5. The predicted octanol–water partition coefficient (Wildman–Crippen LogP) is 5.41. The normalized spacial score (nSPS) is 14.1. The molecule has 0 spiro atoms. The second-order valence-corrected chi connectivity index (χ2v) is 8.24. The van der Waals surface area contributed by atoms with E-state index in [9.17, 15) is 9.59 Å². The first-order chi connectivity index (χ1) is 14.0. The number of carbonyl (C=O) groups is 2.